The lowest BCUT2D eigenvalue weighted by Crippen LogP contribution is -2.56. The Kier molecular flexibility index (Phi) is 9.19. The van der Waals surface area contributed by atoms with Crippen LogP contribution in [0.15, 0.2) is 30.3 Å². The Bertz CT molecular complexity index is 793. The van der Waals surface area contributed by atoms with Crippen LogP contribution in [0.4, 0.5) is 4.79 Å². The minimum Gasteiger partial charge on any atom is -0.445 e. The molecular weight excluding hydrogens is 414 g/mol. The average Bonchev–Trinajstić information content (AvgIpc) is 3.13. The Morgan fingerprint density at radius 2 is 1.91 bits per heavy atom. The van der Waals surface area contributed by atoms with Crippen LogP contribution >= 0.6 is 0 Å². The number of ether oxygens (including phenoxy) is 2. The summed E-state index contributed by atoms with van der Waals surface area (Å²) in [5.41, 5.74) is 0.234. The summed E-state index contributed by atoms with van der Waals surface area (Å²) >= 11 is 0. The Hall–Kier alpha value is -2.94. The molecule has 1 aromatic carbocycles. The highest BCUT2D eigenvalue weighted by molar-refractivity contribution is 5.88. The van der Waals surface area contributed by atoms with Crippen LogP contribution < -0.4 is 16.0 Å². The SMILES string of the molecule is C[C@@H](OC(C)(C)C)[C@H](NC(=O)OCc1ccccc1)C(=O)N[C@H](C=O)C[C@@H]1CCNC1=O. The first-order valence-electron chi connectivity index (χ1n) is 10.8. The van der Waals surface area contributed by atoms with Crippen LogP contribution in [0.5, 0.6) is 0 Å². The topological polar surface area (TPSA) is 123 Å². The van der Waals surface area contributed by atoms with Crippen molar-refractivity contribution in [3.63, 3.8) is 0 Å². The summed E-state index contributed by atoms with van der Waals surface area (Å²) in [7, 11) is 0. The van der Waals surface area contributed by atoms with E-state index in [9.17, 15) is 19.2 Å². The normalized spacial score (nSPS) is 18.8. The number of amides is 3. The van der Waals surface area contributed by atoms with Gasteiger partial charge in [-0.3, -0.25) is 9.59 Å². The van der Waals surface area contributed by atoms with Gasteiger partial charge in [0.05, 0.1) is 17.7 Å². The van der Waals surface area contributed by atoms with Crippen molar-refractivity contribution in [2.45, 2.75) is 70.9 Å². The van der Waals surface area contributed by atoms with Crippen LogP contribution in [0.3, 0.4) is 0 Å². The maximum atomic E-state index is 13.0. The van der Waals surface area contributed by atoms with Crippen LogP contribution in [0, 0.1) is 5.92 Å². The summed E-state index contributed by atoms with van der Waals surface area (Å²) in [6.07, 6.45) is -0.0852. The standard InChI is InChI=1S/C23H33N3O6/c1-15(32-23(2,3)4)19(26-22(30)31-14-16-8-6-5-7-9-16)21(29)25-18(13-27)12-17-10-11-24-20(17)28/h5-9,13,15,17-19H,10-12,14H2,1-4H3,(H,24,28)(H,25,29)(H,26,30)/t15-,17+,18+,19+/m1/s1. The van der Waals surface area contributed by atoms with Gasteiger partial charge < -0.3 is 30.2 Å². The largest absolute Gasteiger partial charge is 0.445 e. The third-order valence-electron chi connectivity index (χ3n) is 4.97. The van der Waals surface area contributed by atoms with Crippen LogP contribution in [0.2, 0.25) is 0 Å². The molecule has 1 heterocycles. The van der Waals surface area contributed by atoms with E-state index in [0.29, 0.717) is 19.3 Å². The zero-order valence-electron chi connectivity index (χ0n) is 19.1. The Morgan fingerprint density at radius 3 is 2.47 bits per heavy atom. The van der Waals surface area contributed by atoms with Crippen molar-refractivity contribution in [2.75, 3.05) is 6.54 Å². The molecule has 0 radical (unpaired) electrons. The second-order valence-electron chi connectivity index (χ2n) is 8.88. The van der Waals surface area contributed by atoms with E-state index < -0.39 is 35.8 Å². The predicted octanol–water partition coefficient (Wildman–Crippen LogP) is 1.69. The number of aldehydes is 1. The number of hydrogen-bond acceptors (Lipinski definition) is 6. The lowest BCUT2D eigenvalue weighted by atomic mass is 9.98. The van der Waals surface area contributed by atoms with E-state index in [-0.39, 0.29) is 24.9 Å². The maximum Gasteiger partial charge on any atom is 0.408 e. The van der Waals surface area contributed by atoms with Crippen LogP contribution in [0.1, 0.15) is 46.1 Å². The number of benzene rings is 1. The van der Waals surface area contributed by atoms with Gasteiger partial charge in [0.1, 0.15) is 18.9 Å². The van der Waals surface area contributed by atoms with Gasteiger partial charge >= 0.3 is 6.09 Å². The number of rotatable bonds is 10. The van der Waals surface area contributed by atoms with Gasteiger partial charge in [0.2, 0.25) is 11.8 Å². The van der Waals surface area contributed by atoms with Crippen molar-refractivity contribution >= 4 is 24.2 Å². The molecule has 0 aliphatic carbocycles. The van der Waals surface area contributed by atoms with Crippen molar-refractivity contribution in [1.29, 1.82) is 0 Å². The molecular formula is C23H33N3O6. The molecule has 9 heteroatoms. The van der Waals surface area contributed by atoms with Gasteiger partial charge in [-0.15, -0.1) is 0 Å². The Balaban J connectivity index is 2.03. The van der Waals surface area contributed by atoms with E-state index in [1.54, 1.807) is 6.92 Å². The van der Waals surface area contributed by atoms with E-state index in [4.69, 9.17) is 9.47 Å². The monoisotopic (exact) mass is 447 g/mol. The zero-order valence-corrected chi connectivity index (χ0v) is 19.1. The van der Waals surface area contributed by atoms with Crippen LogP contribution in [-0.2, 0) is 30.5 Å². The molecule has 9 nitrogen and oxygen atoms in total. The Labute approximate surface area is 188 Å². The van der Waals surface area contributed by atoms with Crippen molar-refractivity contribution in [2.24, 2.45) is 5.92 Å². The van der Waals surface area contributed by atoms with Crippen LogP contribution in [-0.4, -0.2) is 54.5 Å². The molecule has 32 heavy (non-hydrogen) atoms. The summed E-state index contributed by atoms with van der Waals surface area (Å²) in [5.74, 6) is -1.06. The summed E-state index contributed by atoms with van der Waals surface area (Å²) < 4.78 is 11.1. The molecule has 1 saturated heterocycles. The van der Waals surface area contributed by atoms with Gasteiger partial charge in [0.15, 0.2) is 0 Å². The molecule has 176 valence electrons. The lowest BCUT2D eigenvalue weighted by Gasteiger charge is -2.31. The number of alkyl carbamates (subject to hydrolysis) is 1. The molecule has 3 N–H and O–H groups in total. The smallest absolute Gasteiger partial charge is 0.408 e. The van der Waals surface area contributed by atoms with Gasteiger partial charge in [0.25, 0.3) is 0 Å². The Morgan fingerprint density at radius 1 is 1.22 bits per heavy atom. The first-order valence-corrected chi connectivity index (χ1v) is 10.8. The molecule has 0 bridgehead atoms. The third-order valence-corrected chi connectivity index (χ3v) is 4.97. The fraction of sp³-hybridized carbons (Fsp3) is 0.565. The number of hydrogen-bond donors (Lipinski definition) is 3. The van der Waals surface area contributed by atoms with Crippen molar-refractivity contribution in [3.8, 4) is 0 Å². The van der Waals surface area contributed by atoms with Gasteiger partial charge in [-0.1, -0.05) is 30.3 Å². The maximum absolute atomic E-state index is 13.0. The molecule has 1 fully saturated rings. The third kappa shape index (κ3) is 8.30. The van der Waals surface area contributed by atoms with Crippen LogP contribution in [0.25, 0.3) is 0 Å². The van der Waals surface area contributed by atoms with Gasteiger partial charge in [-0.25, -0.2) is 4.79 Å². The van der Waals surface area contributed by atoms with Crippen molar-refractivity contribution < 1.29 is 28.7 Å². The van der Waals surface area contributed by atoms with Crippen molar-refractivity contribution in [1.82, 2.24) is 16.0 Å². The average molecular weight is 448 g/mol. The highest BCUT2D eigenvalue weighted by atomic mass is 16.5. The van der Waals surface area contributed by atoms with E-state index in [0.717, 1.165) is 5.56 Å². The molecule has 3 amide bonds. The minimum absolute atomic E-state index is 0.0449. The summed E-state index contributed by atoms with van der Waals surface area (Å²) in [6, 6.07) is 7.19. The fourth-order valence-corrected chi connectivity index (χ4v) is 3.51. The molecule has 4 atom stereocenters. The molecule has 1 aliphatic rings. The fourth-order valence-electron chi connectivity index (χ4n) is 3.51. The van der Waals surface area contributed by atoms with E-state index in [1.165, 1.54) is 0 Å². The highest BCUT2D eigenvalue weighted by Crippen LogP contribution is 2.17. The van der Waals surface area contributed by atoms with E-state index in [2.05, 4.69) is 16.0 Å². The summed E-state index contributed by atoms with van der Waals surface area (Å²) in [4.78, 5) is 48.7. The zero-order chi connectivity index (χ0) is 23.7. The number of carbonyl (C=O) groups excluding carboxylic acids is 4. The second-order valence-corrected chi connectivity index (χ2v) is 8.88. The van der Waals surface area contributed by atoms with Gasteiger partial charge in [0, 0.05) is 12.5 Å². The molecule has 0 unspecified atom stereocenters. The molecule has 0 saturated carbocycles. The van der Waals surface area contributed by atoms with Gasteiger partial charge in [-0.2, -0.15) is 0 Å². The molecule has 0 spiro atoms. The van der Waals surface area contributed by atoms with E-state index >= 15 is 0 Å². The lowest BCUT2D eigenvalue weighted by molar-refractivity contribution is -0.133. The summed E-state index contributed by atoms with van der Waals surface area (Å²) in [6.45, 7) is 7.75. The number of nitrogens with one attached hydrogen (secondary N) is 3. The predicted molar refractivity (Wildman–Crippen MR) is 118 cm³/mol. The molecule has 2 rings (SSSR count). The summed E-state index contributed by atoms with van der Waals surface area (Å²) in [5, 5.41) is 7.88. The first-order chi connectivity index (χ1) is 15.1. The first kappa shape index (κ1) is 25.3. The van der Waals surface area contributed by atoms with E-state index in [1.807, 2.05) is 51.1 Å². The highest BCUT2D eigenvalue weighted by Gasteiger charge is 2.34. The quantitative estimate of drug-likeness (QED) is 0.469. The second kappa shape index (κ2) is 11.6. The molecule has 1 aliphatic heterocycles. The van der Waals surface area contributed by atoms with Gasteiger partial charge in [-0.05, 0) is 46.1 Å². The molecule has 1 aromatic rings. The number of carbonyl (C=O) groups is 4. The molecule has 0 aromatic heterocycles. The minimum atomic E-state index is -1.10. The van der Waals surface area contributed by atoms with Crippen molar-refractivity contribution in [3.05, 3.63) is 35.9 Å².